The topological polar surface area (TPSA) is 180 Å². The highest BCUT2D eigenvalue weighted by molar-refractivity contribution is 6.01. The van der Waals surface area contributed by atoms with Gasteiger partial charge in [0.15, 0.2) is 0 Å². The number of rotatable bonds is 4. The molecule has 130 valence electrons. The zero-order valence-electron chi connectivity index (χ0n) is 12.6. The Bertz CT molecular complexity index is 654. The first-order valence-corrected chi connectivity index (χ1v) is 7.08. The van der Waals surface area contributed by atoms with Crippen LogP contribution >= 0.6 is 0 Å². The standard InChI is InChI=1S/C8H5NO6.C6H12N2O/c10-7(11)5-2-1-4(9(14)15)3-6(5)8(12)13;7-6(9)5-1-3-8-4-2-5/h1-3H,(H,10,11)(H,12,13);5,8H,1-4H2,(H2,7,9). The summed E-state index contributed by atoms with van der Waals surface area (Å²) in [6.07, 6.45) is 1.94. The summed E-state index contributed by atoms with van der Waals surface area (Å²) >= 11 is 0. The molecule has 1 saturated heterocycles. The summed E-state index contributed by atoms with van der Waals surface area (Å²) in [5.74, 6) is -3.21. The Hall–Kier alpha value is -3.01. The summed E-state index contributed by atoms with van der Waals surface area (Å²) in [7, 11) is 0. The zero-order valence-corrected chi connectivity index (χ0v) is 12.6. The first-order chi connectivity index (χ1) is 11.2. The molecule has 0 unspecified atom stereocenters. The summed E-state index contributed by atoms with van der Waals surface area (Å²) in [4.78, 5) is 41.1. The van der Waals surface area contributed by atoms with Gasteiger partial charge < -0.3 is 26.1 Å². The summed E-state index contributed by atoms with van der Waals surface area (Å²) in [5, 5.41) is 31.6. The SMILES string of the molecule is NC(=O)C1CC[NH2+]CC1.O=C([O-])c1cc([N+](=O)[O-])ccc1C(=O)O. The predicted molar refractivity (Wildman–Crippen MR) is 78.0 cm³/mol. The fourth-order valence-corrected chi connectivity index (χ4v) is 2.21. The Morgan fingerprint density at radius 3 is 2.17 bits per heavy atom. The van der Waals surface area contributed by atoms with Gasteiger partial charge in [-0.15, -0.1) is 0 Å². The van der Waals surface area contributed by atoms with Gasteiger partial charge in [0.05, 0.1) is 29.5 Å². The molecule has 1 aliphatic heterocycles. The van der Waals surface area contributed by atoms with Crippen molar-refractivity contribution in [3.05, 3.63) is 39.4 Å². The van der Waals surface area contributed by atoms with Crippen molar-refractivity contribution in [2.75, 3.05) is 13.1 Å². The number of piperidine rings is 1. The van der Waals surface area contributed by atoms with E-state index in [-0.39, 0.29) is 11.8 Å². The van der Waals surface area contributed by atoms with Crippen LogP contribution in [0.2, 0.25) is 0 Å². The van der Waals surface area contributed by atoms with Crippen molar-refractivity contribution >= 4 is 23.5 Å². The maximum atomic E-state index is 10.6. The average molecular weight is 339 g/mol. The van der Waals surface area contributed by atoms with E-state index in [1.54, 1.807) is 0 Å². The van der Waals surface area contributed by atoms with Gasteiger partial charge in [0.2, 0.25) is 5.91 Å². The number of benzene rings is 1. The number of primary amides is 1. The summed E-state index contributed by atoms with van der Waals surface area (Å²) in [6.45, 7) is 2.13. The number of aromatic carboxylic acids is 2. The molecule has 24 heavy (non-hydrogen) atoms. The Kier molecular flexibility index (Phi) is 6.80. The molecule has 10 nitrogen and oxygen atoms in total. The van der Waals surface area contributed by atoms with Gasteiger partial charge >= 0.3 is 5.97 Å². The summed E-state index contributed by atoms with van der Waals surface area (Å²) < 4.78 is 0. The van der Waals surface area contributed by atoms with E-state index in [2.05, 4.69) is 5.32 Å². The van der Waals surface area contributed by atoms with Crippen molar-refractivity contribution < 1.29 is 34.8 Å². The number of hydrogen-bond donors (Lipinski definition) is 3. The molecule has 10 heteroatoms. The molecule has 0 aromatic heterocycles. The number of carbonyl (C=O) groups is 3. The van der Waals surface area contributed by atoms with E-state index in [1.807, 2.05) is 0 Å². The molecule has 0 spiro atoms. The molecule has 0 bridgehead atoms. The molecule has 0 radical (unpaired) electrons. The zero-order chi connectivity index (χ0) is 18.3. The molecule has 0 saturated carbocycles. The van der Waals surface area contributed by atoms with Gasteiger partial charge in [-0.25, -0.2) is 4.79 Å². The number of amides is 1. The lowest BCUT2D eigenvalue weighted by Gasteiger charge is -2.16. The van der Waals surface area contributed by atoms with Crippen molar-refractivity contribution in [2.24, 2.45) is 11.7 Å². The number of nitrogens with zero attached hydrogens (tertiary/aromatic N) is 1. The van der Waals surface area contributed by atoms with Crippen LogP contribution < -0.4 is 16.2 Å². The van der Waals surface area contributed by atoms with E-state index >= 15 is 0 Å². The smallest absolute Gasteiger partial charge is 0.336 e. The van der Waals surface area contributed by atoms with Crippen LogP contribution in [0.25, 0.3) is 0 Å². The van der Waals surface area contributed by atoms with Gasteiger partial charge in [0.25, 0.3) is 5.69 Å². The van der Waals surface area contributed by atoms with Crippen LogP contribution in [0.3, 0.4) is 0 Å². The molecule has 1 heterocycles. The predicted octanol–water partition coefficient (Wildman–Crippen LogP) is -1.90. The van der Waals surface area contributed by atoms with Crippen molar-refractivity contribution in [1.29, 1.82) is 0 Å². The maximum absolute atomic E-state index is 10.6. The Labute approximate surface area is 136 Å². The second-order valence-electron chi connectivity index (χ2n) is 5.12. The molecule has 1 fully saturated rings. The van der Waals surface area contributed by atoms with Gasteiger partial charge in [0, 0.05) is 36.5 Å². The van der Waals surface area contributed by atoms with E-state index in [0.29, 0.717) is 6.07 Å². The number of nitro groups is 1. The number of nitro benzene ring substituents is 1. The molecule has 2 rings (SSSR count). The minimum Gasteiger partial charge on any atom is -0.545 e. The van der Waals surface area contributed by atoms with Crippen LogP contribution in [-0.4, -0.2) is 41.0 Å². The first kappa shape index (κ1) is 19.0. The van der Waals surface area contributed by atoms with Crippen LogP contribution in [0.15, 0.2) is 18.2 Å². The number of non-ortho nitro benzene ring substituents is 1. The van der Waals surface area contributed by atoms with E-state index < -0.39 is 33.7 Å². The largest absolute Gasteiger partial charge is 0.545 e. The summed E-state index contributed by atoms with van der Waals surface area (Å²) in [6, 6.07) is 2.42. The average Bonchev–Trinajstić information content (AvgIpc) is 2.55. The monoisotopic (exact) mass is 339 g/mol. The van der Waals surface area contributed by atoms with Gasteiger partial charge in [-0.3, -0.25) is 14.9 Å². The number of nitrogens with two attached hydrogens (primary N) is 2. The molecule has 0 atom stereocenters. The molecule has 1 amide bonds. The molecule has 1 aromatic carbocycles. The lowest BCUT2D eigenvalue weighted by atomic mass is 9.98. The minimum atomic E-state index is -1.77. The third-order valence-electron chi connectivity index (χ3n) is 3.51. The highest BCUT2D eigenvalue weighted by Gasteiger charge is 2.19. The van der Waals surface area contributed by atoms with Crippen molar-refractivity contribution in [3.8, 4) is 0 Å². The Balaban J connectivity index is 0.000000272. The van der Waals surface area contributed by atoms with E-state index in [9.17, 15) is 29.6 Å². The van der Waals surface area contributed by atoms with Gasteiger partial charge in [-0.2, -0.15) is 0 Å². The number of hydrogen-bond acceptors (Lipinski definition) is 6. The lowest BCUT2D eigenvalue weighted by molar-refractivity contribution is -0.663. The van der Waals surface area contributed by atoms with Crippen LogP contribution in [-0.2, 0) is 4.79 Å². The van der Waals surface area contributed by atoms with Crippen molar-refractivity contribution in [1.82, 2.24) is 0 Å². The second-order valence-corrected chi connectivity index (χ2v) is 5.12. The Morgan fingerprint density at radius 2 is 1.79 bits per heavy atom. The highest BCUT2D eigenvalue weighted by atomic mass is 16.6. The minimum absolute atomic E-state index is 0.122. The fourth-order valence-electron chi connectivity index (χ4n) is 2.21. The van der Waals surface area contributed by atoms with Gasteiger partial charge in [-0.1, -0.05) is 0 Å². The van der Waals surface area contributed by atoms with E-state index in [4.69, 9.17) is 10.8 Å². The van der Waals surface area contributed by atoms with E-state index in [1.165, 1.54) is 0 Å². The molecule has 5 N–H and O–H groups in total. The van der Waals surface area contributed by atoms with Crippen LogP contribution in [0.5, 0.6) is 0 Å². The van der Waals surface area contributed by atoms with Gasteiger partial charge in [0.1, 0.15) is 0 Å². The normalized spacial score (nSPS) is 14.2. The van der Waals surface area contributed by atoms with Crippen LogP contribution in [0.1, 0.15) is 33.6 Å². The van der Waals surface area contributed by atoms with Gasteiger partial charge in [-0.05, 0) is 6.07 Å². The first-order valence-electron chi connectivity index (χ1n) is 7.08. The van der Waals surface area contributed by atoms with Crippen LogP contribution in [0, 0.1) is 16.0 Å². The van der Waals surface area contributed by atoms with E-state index in [0.717, 1.165) is 38.1 Å². The Morgan fingerprint density at radius 1 is 1.21 bits per heavy atom. The number of quaternary nitrogens is 1. The maximum Gasteiger partial charge on any atom is 0.336 e. The molecular weight excluding hydrogens is 322 g/mol. The van der Waals surface area contributed by atoms with Crippen molar-refractivity contribution in [3.63, 3.8) is 0 Å². The molecular formula is C14H17N3O7. The quantitative estimate of drug-likeness (QED) is 0.423. The number of carboxylic acid groups (broad SMARTS) is 2. The molecule has 0 aliphatic carbocycles. The number of carbonyl (C=O) groups excluding carboxylic acids is 2. The fraction of sp³-hybridized carbons (Fsp3) is 0.357. The summed E-state index contributed by atoms with van der Waals surface area (Å²) in [5.41, 5.74) is 3.36. The van der Waals surface area contributed by atoms with Crippen LogP contribution in [0.4, 0.5) is 5.69 Å². The number of carboxylic acids is 2. The second kappa shape index (κ2) is 8.58. The molecule has 1 aromatic rings. The van der Waals surface area contributed by atoms with Crippen molar-refractivity contribution in [2.45, 2.75) is 12.8 Å². The highest BCUT2D eigenvalue weighted by Crippen LogP contribution is 2.17. The lowest BCUT2D eigenvalue weighted by Crippen LogP contribution is -2.86. The third-order valence-corrected chi connectivity index (χ3v) is 3.51. The molecule has 1 aliphatic rings. The third kappa shape index (κ3) is 5.32.